The van der Waals surface area contributed by atoms with Gasteiger partial charge in [0.1, 0.15) is 6.33 Å². The molecular formula is C16H21N3. The molecule has 1 heterocycles. The van der Waals surface area contributed by atoms with E-state index in [1.807, 2.05) is 12.4 Å². The van der Waals surface area contributed by atoms with Gasteiger partial charge >= 0.3 is 0 Å². The van der Waals surface area contributed by atoms with Crippen LogP contribution in [0, 0.1) is 0 Å². The Balaban J connectivity index is 2.06. The van der Waals surface area contributed by atoms with Crippen LogP contribution in [0.3, 0.4) is 0 Å². The summed E-state index contributed by atoms with van der Waals surface area (Å²) in [5.74, 6) is 0.471. The van der Waals surface area contributed by atoms with Gasteiger partial charge in [0.2, 0.25) is 0 Å². The fourth-order valence-corrected chi connectivity index (χ4v) is 2.21. The highest BCUT2D eigenvalue weighted by atomic mass is 14.9. The molecule has 0 radical (unpaired) electrons. The molecule has 2 aromatic rings. The molecule has 0 aliphatic rings. The second kappa shape index (κ2) is 7.64. The van der Waals surface area contributed by atoms with E-state index in [9.17, 15) is 0 Å². The molecule has 0 saturated carbocycles. The van der Waals surface area contributed by atoms with Crippen molar-refractivity contribution < 1.29 is 0 Å². The predicted octanol–water partition coefficient (Wildman–Crippen LogP) is 2.80. The first-order chi connectivity index (χ1) is 9.40. The van der Waals surface area contributed by atoms with Crippen molar-refractivity contribution in [2.75, 3.05) is 13.1 Å². The Morgan fingerprint density at radius 3 is 2.53 bits per heavy atom. The zero-order valence-corrected chi connectivity index (χ0v) is 11.4. The second-order valence-electron chi connectivity index (χ2n) is 4.76. The lowest BCUT2D eigenvalue weighted by Gasteiger charge is -2.18. The smallest absolute Gasteiger partial charge is 0.115 e. The minimum Gasteiger partial charge on any atom is -0.316 e. The van der Waals surface area contributed by atoms with Crippen LogP contribution >= 0.6 is 0 Å². The number of hydrogen-bond acceptors (Lipinski definition) is 3. The molecule has 3 heteroatoms. The van der Waals surface area contributed by atoms with Crippen LogP contribution < -0.4 is 5.32 Å². The lowest BCUT2D eigenvalue weighted by molar-refractivity contribution is 0.575. The summed E-state index contributed by atoms with van der Waals surface area (Å²) in [6, 6.07) is 10.7. The number of aromatic nitrogens is 2. The van der Waals surface area contributed by atoms with Crippen LogP contribution in [0.1, 0.15) is 30.4 Å². The molecule has 1 N–H and O–H groups in total. The summed E-state index contributed by atoms with van der Waals surface area (Å²) in [7, 11) is 0. The first kappa shape index (κ1) is 13.7. The van der Waals surface area contributed by atoms with Crippen LogP contribution in [0.2, 0.25) is 0 Å². The molecule has 1 atom stereocenters. The van der Waals surface area contributed by atoms with E-state index in [2.05, 4.69) is 52.5 Å². The minimum absolute atomic E-state index is 0.471. The first-order valence-corrected chi connectivity index (χ1v) is 6.89. The molecule has 0 amide bonds. The standard InChI is InChI=1S/C16H21N3/c1-2-8-17-12-16(15-6-4-3-5-7-15)9-14-10-18-13-19-11-14/h3-7,10-11,13,16-17H,2,8-9,12H2,1H3. The molecule has 2 rings (SSSR count). The molecule has 0 aliphatic carbocycles. The highest BCUT2D eigenvalue weighted by Gasteiger charge is 2.12. The SMILES string of the molecule is CCCNCC(Cc1cncnc1)c1ccccc1. The Bertz CT molecular complexity index is 456. The van der Waals surface area contributed by atoms with Crippen molar-refractivity contribution in [3.8, 4) is 0 Å². The van der Waals surface area contributed by atoms with Crippen LogP contribution in [0.25, 0.3) is 0 Å². The van der Waals surface area contributed by atoms with E-state index in [0.717, 1.165) is 25.9 Å². The van der Waals surface area contributed by atoms with E-state index >= 15 is 0 Å². The van der Waals surface area contributed by atoms with Crippen LogP contribution in [0.5, 0.6) is 0 Å². The number of hydrogen-bond donors (Lipinski definition) is 1. The topological polar surface area (TPSA) is 37.8 Å². The third-order valence-corrected chi connectivity index (χ3v) is 3.18. The monoisotopic (exact) mass is 255 g/mol. The molecule has 0 saturated heterocycles. The number of nitrogens with one attached hydrogen (secondary N) is 1. The van der Waals surface area contributed by atoms with Crippen molar-refractivity contribution in [1.82, 2.24) is 15.3 Å². The Hall–Kier alpha value is -1.74. The first-order valence-electron chi connectivity index (χ1n) is 6.89. The maximum atomic E-state index is 4.10. The molecule has 1 unspecified atom stereocenters. The summed E-state index contributed by atoms with van der Waals surface area (Å²) < 4.78 is 0. The highest BCUT2D eigenvalue weighted by molar-refractivity contribution is 5.22. The van der Waals surface area contributed by atoms with Gasteiger partial charge in [0.05, 0.1) is 0 Å². The molecule has 0 aliphatic heterocycles. The van der Waals surface area contributed by atoms with Crippen LogP contribution in [0.4, 0.5) is 0 Å². The molecule has 1 aromatic carbocycles. The average Bonchev–Trinajstić information content (AvgIpc) is 2.48. The quantitative estimate of drug-likeness (QED) is 0.773. The molecule has 0 bridgehead atoms. The summed E-state index contributed by atoms with van der Waals surface area (Å²) in [5.41, 5.74) is 2.56. The predicted molar refractivity (Wildman–Crippen MR) is 78.1 cm³/mol. The Labute approximate surface area is 115 Å². The summed E-state index contributed by atoms with van der Waals surface area (Å²) >= 11 is 0. The normalized spacial score (nSPS) is 12.3. The highest BCUT2D eigenvalue weighted by Crippen LogP contribution is 2.19. The summed E-state index contributed by atoms with van der Waals surface area (Å²) in [6.45, 7) is 4.25. The summed E-state index contributed by atoms with van der Waals surface area (Å²) in [4.78, 5) is 8.19. The van der Waals surface area contributed by atoms with Gasteiger partial charge in [-0.25, -0.2) is 9.97 Å². The molecule has 1 aromatic heterocycles. The van der Waals surface area contributed by atoms with Gasteiger partial charge in [-0.15, -0.1) is 0 Å². The zero-order valence-electron chi connectivity index (χ0n) is 11.4. The molecule has 0 fully saturated rings. The second-order valence-corrected chi connectivity index (χ2v) is 4.76. The Morgan fingerprint density at radius 2 is 1.84 bits per heavy atom. The molecule has 0 spiro atoms. The van der Waals surface area contributed by atoms with Crippen LogP contribution in [-0.2, 0) is 6.42 Å². The Morgan fingerprint density at radius 1 is 1.11 bits per heavy atom. The van der Waals surface area contributed by atoms with E-state index in [4.69, 9.17) is 0 Å². The van der Waals surface area contributed by atoms with E-state index < -0.39 is 0 Å². The Kier molecular flexibility index (Phi) is 5.50. The lowest BCUT2D eigenvalue weighted by Crippen LogP contribution is -2.23. The van der Waals surface area contributed by atoms with Gasteiger partial charge in [0.15, 0.2) is 0 Å². The van der Waals surface area contributed by atoms with E-state index in [1.165, 1.54) is 11.1 Å². The van der Waals surface area contributed by atoms with E-state index in [-0.39, 0.29) is 0 Å². The number of benzene rings is 1. The van der Waals surface area contributed by atoms with Crippen molar-refractivity contribution in [3.63, 3.8) is 0 Å². The third kappa shape index (κ3) is 4.45. The summed E-state index contributed by atoms with van der Waals surface area (Å²) in [5, 5.41) is 3.51. The minimum atomic E-state index is 0.471. The fourth-order valence-electron chi connectivity index (χ4n) is 2.21. The van der Waals surface area contributed by atoms with Gasteiger partial charge in [-0.1, -0.05) is 37.3 Å². The van der Waals surface area contributed by atoms with Crippen LogP contribution in [-0.4, -0.2) is 23.1 Å². The number of nitrogens with zero attached hydrogens (tertiary/aromatic N) is 2. The van der Waals surface area contributed by atoms with Gasteiger partial charge in [0, 0.05) is 24.9 Å². The lowest BCUT2D eigenvalue weighted by atomic mass is 9.93. The van der Waals surface area contributed by atoms with Crippen molar-refractivity contribution in [2.24, 2.45) is 0 Å². The zero-order chi connectivity index (χ0) is 13.3. The largest absolute Gasteiger partial charge is 0.316 e. The number of rotatable bonds is 7. The van der Waals surface area contributed by atoms with Crippen molar-refractivity contribution in [3.05, 3.63) is 60.2 Å². The summed E-state index contributed by atoms with van der Waals surface area (Å²) in [6.07, 6.45) is 7.53. The average molecular weight is 255 g/mol. The van der Waals surface area contributed by atoms with E-state index in [0.29, 0.717) is 5.92 Å². The molecule has 3 nitrogen and oxygen atoms in total. The van der Waals surface area contributed by atoms with Gasteiger partial charge in [0.25, 0.3) is 0 Å². The van der Waals surface area contributed by atoms with Gasteiger partial charge in [-0.05, 0) is 30.5 Å². The van der Waals surface area contributed by atoms with Gasteiger partial charge in [-0.3, -0.25) is 0 Å². The third-order valence-electron chi connectivity index (χ3n) is 3.18. The maximum Gasteiger partial charge on any atom is 0.115 e. The molecule has 100 valence electrons. The van der Waals surface area contributed by atoms with Crippen molar-refractivity contribution in [1.29, 1.82) is 0 Å². The molecule has 19 heavy (non-hydrogen) atoms. The fraction of sp³-hybridized carbons (Fsp3) is 0.375. The van der Waals surface area contributed by atoms with Gasteiger partial charge < -0.3 is 5.32 Å². The van der Waals surface area contributed by atoms with Crippen molar-refractivity contribution in [2.45, 2.75) is 25.7 Å². The van der Waals surface area contributed by atoms with Crippen LogP contribution in [0.15, 0.2) is 49.1 Å². The maximum absolute atomic E-state index is 4.10. The van der Waals surface area contributed by atoms with Crippen molar-refractivity contribution >= 4 is 0 Å². The van der Waals surface area contributed by atoms with Gasteiger partial charge in [-0.2, -0.15) is 0 Å². The molecular weight excluding hydrogens is 234 g/mol. The van der Waals surface area contributed by atoms with E-state index in [1.54, 1.807) is 6.33 Å².